The van der Waals surface area contributed by atoms with Crippen molar-refractivity contribution in [3.63, 3.8) is 0 Å². The van der Waals surface area contributed by atoms with Gasteiger partial charge in [0.05, 0.1) is 11.9 Å². The molecule has 2 amide bonds. The lowest BCUT2D eigenvalue weighted by molar-refractivity contribution is -0.130. The van der Waals surface area contributed by atoms with E-state index in [1.54, 1.807) is 70.5 Å². The van der Waals surface area contributed by atoms with E-state index >= 15 is 0 Å². The van der Waals surface area contributed by atoms with Gasteiger partial charge in [0, 0.05) is 49.4 Å². The average Bonchev–Trinajstić information content (AvgIpc) is 2.96. The number of anilines is 2. The number of aromatic nitrogens is 2. The summed E-state index contributed by atoms with van der Waals surface area (Å²) >= 11 is 6.00. The highest BCUT2D eigenvalue weighted by Gasteiger charge is 2.24. The Morgan fingerprint density at radius 3 is 2.28 bits per heavy atom. The Hall–Kier alpha value is -4.63. The van der Waals surface area contributed by atoms with Gasteiger partial charge >= 0.3 is 0 Å². The van der Waals surface area contributed by atoms with E-state index in [-0.39, 0.29) is 23.3 Å². The number of nitrogens with zero attached hydrogens (tertiary/aromatic N) is 4. The van der Waals surface area contributed by atoms with E-state index in [0.29, 0.717) is 53.9 Å². The van der Waals surface area contributed by atoms with E-state index in [2.05, 4.69) is 10.4 Å². The number of para-hydroxylation sites is 1. The summed E-state index contributed by atoms with van der Waals surface area (Å²) in [6.45, 7) is 3.45. The number of ether oxygens (including phenoxy) is 1. The Labute approximate surface area is 230 Å². The number of hydrogen-bond acceptors (Lipinski definition) is 6. The molecule has 4 aromatic rings. The van der Waals surface area contributed by atoms with Crippen molar-refractivity contribution >= 4 is 34.8 Å². The Bertz CT molecular complexity index is 1550. The van der Waals surface area contributed by atoms with Crippen LogP contribution in [0.5, 0.6) is 11.5 Å². The van der Waals surface area contributed by atoms with Crippen molar-refractivity contribution in [3.05, 3.63) is 106 Å². The van der Waals surface area contributed by atoms with E-state index in [1.165, 1.54) is 17.8 Å². The molecule has 1 saturated heterocycles. The van der Waals surface area contributed by atoms with E-state index in [4.69, 9.17) is 16.3 Å². The Kier molecular flexibility index (Phi) is 7.60. The molecule has 0 radical (unpaired) electrons. The molecule has 10 heteroatoms. The van der Waals surface area contributed by atoms with Gasteiger partial charge in [0.2, 0.25) is 5.91 Å². The molecule has 198 valence electrons. The summed E-state index contributed by atoms with van der Waals surface area (Å²) in [5.41, 5.74) is 1.33. The Morgan fingerprint density at radius 2 is 1.59 bits per heavy atom. The van der Waals surface area contributed by atoms with E-state index in [1.807, 2.05) is 18.2 Å². The first-order valence-electron chi connectivity index (χ1n) is 12.4. The zero-order valence-corrected chi connectivity index (χ0v) is 22.0. The van der Waals surface area contributed by atoms with Crippen LogP contribution in [0.2, 0.25) is 5.02 Å². The number of carbonyl (C=O) groups is 2. The van der Waals surface area contributed by atoms with Crippen molar-refractivity contribution in [3.8, 4) is 17.2 Å². The monoisotopic (exact) mass is 543 g/mol. The highest BCUT2D eigenvalue weighted by molar-refractivity contribution is 6.30. The molecule has 0 spiro atoms. The molecular formula is C29H26ClN5O4. The number of rotatable bonds is 6. The smallest absolute Gasteiger partial charge is 0.299 e. The van der Waals surface area contributed by atoms with Crippen molar-refractivity contribution in [1.29, 1.82) is 0 Å². The van der Waals surface area contributed by atoms with Gasteiger partial charge in [-0.05, 0) is 54.6 Å². The number of nitrogens with one attached hydrogen (secondary N) is 1. The van der Waals surface area contributed by atoms with Gasteiger partial charge in [-0.2, -0.15) is 9.78 Å². The third kappa shape index (κ3) is 5.94. The largest absolute Gasteiger partial charge is 0.453 e. The van der Waals surface area contributed by atoms with Gasteiger partial charge in [0.15, 0.2) is 11.4 Å². The molecule has 3 aromatic carbocycles. The van der Waals surface area contributed by atoms with Crippen LogP contribution in [0.3, 0.4) is 0 Å². The van der Waals surface area contributed by atoms with E-state index in [0.717, 1.165) is 0 Å². The zero-order valence-electron chi connectivity index (χ0n) is 21.2. The van der Waals surface area contributed by atoms with Crippen molar-refractivity contribution in [2.75, 3.05) is 31.5 Å². The lowest BCUT2D eigenvalue weighted by atomic mass is 10.1. The van der Waals surface area contributed by atoms with Crippen LogP contribution < -0.4 is 15.6 Å². The average molecular weight is 544 g/mol. The van der Waals surface area contributed by atoms with E-state index < -0.39 is 5.56 Å². The standard InChI is InChI=1S/C29H26ClN5O4/c1-20(36)33-14-16-34(17-15-33)28(37)21-6-5-7-23(18-21)32-27-26(39-25-12-10-22(30)11-13-25)19-31-35(29(27)38)24-8-3-2-4-9-24/h2-13,18-19,32H,14-17H2,1H3. The van der Waals surface area contributed by atoms with Crippen molar-refractivity contribution in [2.45, 2.75) is 6.92 Å². The van der Waals surface area contributed by atoms with Crippen molar-refractivity contribution in [2.24, 2.45) is 0 Å². The fourth-order valence-corrected chi connectivity index (χ4v) is 4.42. The number of benzene rings is 3. The molecule has 1 aliphatic rings. The minimum Gasteiger partial charge on any atom is -0.453 e. The van der Waals surface area contributed by atoms with Crippen LogP contribution in [-0.2, 0) is 4.79 Å². The normalized spacial score (nSPS) is 13.2. The van der Waals surface area contributed by atoms with Crippen LogP contribution in [0.1, 0.15) is 17.3 Å². The van der Waals surface area contributed by atoms with Crippen LogP contribution in [0.4, 0.5) is 11.4 Å². The molecule has 9 nitrogen and oxygen atoms in total. The minimum absolute atomic E-state index is 0.00318. The number of halogens is 1. The maximum Gasteiger partial charge on any atom is 0.299 e. The first kappa shape index (κ1) is 26.0. The molecule has 1 fully saturated rings. The molecule has 39 heavy (non-hydrogen) atoms. The van der Waals surface area contributed by atoms with Gasteiger partial charge in [-0.15, -0.1) is 0 Å². The molecule has 0 unspecified atom stereocenters. The summed E-state index contributed by atoms with van der Waals surface area (Å²) in [4.78, 5) is 41.9. The van der Waals surface area contributed by atoms with Gasteiger partial charge < -0.3 is 19.9 Å². The summed E-state index contributed by atoms with van der Waals surface area (Å²) in [5, 5.41) is 8.03. The highest BCUT2D eigenvalue weighted by Crippen LogP contribution is 2.30. The fraction of sp³-hybridized carbons (Fsp3) is 0.172. The molecule has 1 N–H and O–H groups in total. The number of carbonyl (C=O) groups excluding carboxylic acids is 2. The van der Waals surface area contributed by atoms with Gasteiger partial charge in [0.1, 0.15) is 5.75 Å². The first-order chi connectivity index (χ1) is 18.9. The zero-order chi connectivity index (χ0) is 27.4. The number of hydrogen-bond donors (Lipinski definition) is 1. The quantitative estimate of drug-likeness (QED) is 0.378. The third-order valence-corrected chi connectivity index (χ3v) is 6.63. The van der Waals surface area contributed by atoms with Crippen LogP contribution >= 0.6 is 11.6 Å². The Balaban J connectivity index is 1.45. The van der Waals surface area contributed by atoms with Crippen LogP contribution in [0, 0.1) is 0 Å². The lowest BCUT2D eigenvalue weighted by Crippen LogP contribution is -2.50. The highest BCUT2D eigenvalue weighted by atomic mass is 35.5. The second-order valence-electron chi connectivity index (χ2n) is 9.00. The SMILES string of the molecule is CC(=O)N1CCN(C(=O)c2cccc(Nc3c(Oc4ccc(Cl)cc4)cnn(-c4ccccc4)c3=O)c2)CC1. The summed E-state index contributed by atoms with van der Waals surface area (Å²) < 4.78 is 7.28. The minimum atomic E-state index is -0.426. The predicted molar refractivity (Wildman–Crippen MR) is 149 cm³/mol. The summed E-state index contributed by atoms with van der Waals surface area (Å²) in [6.07, 6.45) is 1.47. The van der Waals surface area contributed by atoms with Gasteiger partial charge in [-0.1, -0.05) is 35.9 Å². The molecule has 1 aromatic heterocycles. The predicted octanol–water partition coefficient (Wildman–Crippen LogP) is 4.73. The summed E-state index contributed by atoms with van der Waals surface area (Å²) in [7, 11) is 0. The topological polar surface area (TPSA) is 96.8 Å². The summed E-state index contributed by atoms with van der Waals surface area (Å²) in [5.74, 6) is 0.556. The van der Waals surface area contributed by atoms with Crippen molar-refractivity contribution in [1.82, 2.24) is 19.6 Å². The second-order valence-corrected chi connectivity index (χ2v) is 9.43. The molecule has 0 saturated carbocycles. The number of piperazine rings is 1. The van der Waals surface area contributed by atoms with Gasteiger partial charge in [-0.3, -0.25) is 14.4 Å². The molecule has 0 aliphatic carbocycles. The van der Waals surface area contributed by atoms with Gasteiger partial charge in [0.25, 0.3) is 11.5 Å². The maximum atomic E-state index is 13.6. The van der Waals surface area contributed by atoms with E-state index in [9.17, 15) is 14.4 Å². The van der Waals surface area contributed by atoms with Crippen LogP contribution in [0.15, 0.2) is 89.9 Å². The van der Waals surface area contributed by atoms with Gasteiger partial charge in [-0.25, -0.2) is 0 Å². The molecule has 1 aliphatic heterocycles. The Morgan fingerprint density at radius 1 is 0.897 bits per heavy atom. The maximum absolute atomic E-state index is 13.6. The molecule has 0 atom stereocenters. The summed E-state index contributed by atoms with van der Waals surface area (Å²) in [6, 6.07) is 22.8. The van der Waals surface area contributed by atoms with Crippen LogP contribution in [-0.4, -0.2) is 57.6 Å². The fourth-order valence-electron chi connectivity index (χ4n) is 4.29. The number of amides is 2. The van der Waals surface area contributed by atoms with Crippen LogP contribution in [0.25, 0.3) is 5.69 Å². The third-order valence-electron chi connectivity index (χ3n) is 6.38. The van der Waals surface area contributed by atoms with Crippen molar-refractivity contribution < 1.29 is 14.3 Å². The second kappa shape index (κ2) is 11.4. The molecular weight excluding hydrogens is 518 g/mol. The molecule has 2 heterocycles. The first-order valence-corrected chi connectivity index (χ1v) is 12.8. The molecule has 0 bridgehead atoms. The lowest BCUT2D eigenvalue weighted by Gasteiger charge is -2.34. The molecule has 5 rings (SSSR count).